The molecule has 0 aromatic heterocycles. The van der Waals surface area contributed by atoms with E-state index in [9.17, 15) is 18.0 Å². The fourth-order valence-corrected chi connectivity index (χ4v) is 5.40. The molecule has 2 amide bonds. The van der Waals surface area contributed by atoms with Gasteiger partial charge in [-0.1, -0.05) is 43.2 Å². The average molecular weight is 532 g/mol. The Bertz CT molecular complexity index is 1170. The van der Waals surface area contributed by atoms with Gasteiger partial charge in [-0.2, -0.15) is 0 Å². The predicted molar refractivity (Wildman–Crippen MR) is 143 cm³/mol. The van der Waals surface area contributed by atoms with Crippen molar-refractivity contribution >= 4 is 27.5 Å². The number of anilines is 1. The van der Waals surface area contributed by atoms with Crippen LogP contribution in [0.15, 0.2) is 48.5 Å². The summed E-state index contributed by atoms with van der Waals surface area (Å²) in [5, 5.41) is 3.06. The van der Waals surface area contributed by atoms with Crippen LogP contribution in [0.2, 0.25) is 0 Å². The molecule has 0 spiro atoms. The zero-order valence-corrected chi connectivity index (χ0v) is 22.8. The zero-order valence-electron chi connectivity index (χ0n) is 22.0. The van der Waals surface area contributed by atoms with Gasteiger partial charge in [-0.05, 0) is 43.9 Å². The molecule has 1 atom stereocenters. The molecule has 3 rings (SSSR count). The van der Waals surface area contributed by atoms with E-state index in [2.05, 4.69) is 5.32 Å². The van der Waals surface area contributed by atoms with Gasteiger partial charge in [0.2, 0.25) is 21.8 Å². The van der Waals surface area contributed by atoms with Crippen molar-refractivity contribution in [3.05, 3.63) is 54.1 Å². The second kappa shape index (κ2) is 12.8. The van der Waals surface area contributed by atoms with E-state index in [0.29, 0.717) is 12.2 Å². The quantitative estimate of drug-likeness (QED) is 0.452. The van der Waals surface area contributed by atoms with E-state index in [1.165, 1.54) is 25.2 Å². The van der Waals surface area contributed by atoms with Gasteiger partial charge in [-0.15, -0.1) is 0 Å². The fourth-order valence-electron chi connectivity index (χ4n) is 4.55. The van der Waals surface area contributed by atoms with Crippen LogP contribution in [-0.2, 0) is 26.0 Å². The molecule has 1 fully saturated rings. The Hall–Kier alpha value is -3.27. The summed E-state index contributed by atoms with van der Waals surface area (Å²) < 4.78 is 37.2. The number of benzene rings is 2. The number of carbonyl (C=O) groups excluding carboxylic acids is 2. The first-order valence-corrected chi connectivity index (χ1v) is 14.3. The number of hydrogen-bond acceptors (Lipinski definition) is 6. The van der Waals surface area contributed by atoms with Crippen LogP contribution in [0.25, 0.3) is 0 Å². The summed E-state index contributed by atoms with van der Waals surface area (Å²) in [7, 11) is -0.952. The summed E-state index contributed by atoms with van der Waals surface area (Å²) in [4.78, 5) is 28.2. The highest BCUT2D eigenvalue weighted by atomic mass is 32.2. The Morgan fingerprint density at radius 2 is 1.73 bits per heavy atom. The predicted octanol–water partition coefficient (Wildman–Crippen LogP) is 2.99. The van der Waals surface area contributed by atoms with Gasteiger partial charge in [-0.25, -0.2) is 8.42 Å². The van der Waals surface area contributed by atoms with Crippen molar-refractivity contribution in [1.82, 2.24) is 10.2 Å². The minimum atomic E-state index is -3.87. The van der Waals surface area contributed by atoms with Crippen LogP contribution in [-0.4, -0.2) is 70.8 Å². The van der Waals surface area contributed by atoms with Crippen LogP contribution in [0.4, 0.5) is 5.69 Å². The Labute approximate surface area is 219 Å². The zero-order chi connectivity index (χ0) is 27.0. The number of ether oxygens (including phenoxy) is 2. The van der Waals surface area contributed by atoms with Crippen LogP contribution < -0.4 is 19.1 Å². The molecule has 0 aliphatic heterocycles. The van der Waals surface area contributed by atoms with E-state index in [-0.39, 0.29) is 29.9 Å². The highest BCUT2D eigenvalue weighted by Crippen LogP contribution is 2.33. The molecule has 1 unspecified atom stereocenters. The molecular formula is C27H37N3O6S. The second-order valence-corrected chi connectivity index (χ2v) is 11.2. The maximum absolute atomic E-state index is 13.7. The lowest BCUT2D eigenvalue weighted by Crippen LogP contribution is -2.53. The molecule has 10 heteroatoms. The fraction of sp³-hybridized carbons (Fsp3) is 0.481. The molecule has 2 aromatic carbocycles. The molecule has 0 bridgehead atoms. The minimum absolute atomic E-state index is 0.108. The van der Waals surface area contributed by atoms with E-state index in [1.54, 1.807) is 19.1 Å². The molecular weight excluding hydrogens is 494 g/mol. The van der Waals surface area contributed by atoms with Crippen molar-refractivity contribution in [3.8, 4) is 11.5 Å². The molecule has 1 saturated carbocycles. The Balaban J connectivity index is 1.87. The molecule has 0 radical (unpaired) electrons. The van der Waals surface area contributed by atoms with Crippen molar-refractivity contribution in [1.29, 1.82) is 0 Å². The van der Waals surface area contributed by atoms with E-state index in [0.717, 1.165) is 41.8 Å². The first kappa shape index (κ1) is 28.3. The number of amides is 2. The third kappa shape index (κ3) is 7.61. The molecule has 1 aliphatic carbocycles. The van der Waals surface area contributed by atoms with Crippen LogP contribution in [0.5, 0.6) is 11.5 Å². The number of sulfonamides is 1. The summed E-state index contributed by atoms with van der Waals surface area (Å²) in [5.41, 5.74) is 1.23. The lowest BCUT2D eigenvalue weighted by Gasteiger charge is -2.32. The second-order valence-electron chi connectivity index (χ2n) is 9.30. The number of hydrogen-bond donors (Lipinski definition) is 1. The molecule has 1 aliphatic rings. The molecule has 0 saturated heterocycles. The third-order valence-electron chi connectivity index (χ3n) is 6.69. The number of carbonyl (C=O) groups is 2. The normalized spacial score (nSPS) is 14.6. The van der Waals surface area contributed by atoms with E-state index < -0.39 is 28.5 Å². The Morgan fingerprint density at radius 3 is 2.32 bits per heavy atom. The smallest absolute Gasteiger partial charge is 0.244 e. The summed E-state index contributed by atoms with van der Waals surface area (Å²) in [6, 6.07) is 13.7. The first-order chi connectivity index (χ1) is 17.6. The van der Waals surface area contributed by atoms with Gasteiger partial charge in [0.05, 0.1) is 26.2 Å². The lowest BCUT2D eigenvalue weighted by molar-refractivity contribution is -0.139. The maximum Gasteiger partial charge on any atom is 0.244 e. The average Bonchev–Trinajstić information content (AvgIpc) is 3.40. The van der Waals surface area contributed by atoms with Gasteiger partial charge >= 0.3 is 0 Å². The van der Waals surface area contributed by atoms with Crippen LogP contribution in [0.1, 0.15) is 38.2 Å². The van der Waals surface area contributed by atoms with Crippen LogP contribution >= 0.6 is 0 Å². The minimum Gasteiger partial charge on any atom is -0.497 e. The summed E-state index contributed by atoms with van der Waals surface area (Å²) in [6.45, 7) is 1.47. The monoisotopic (exact) mass is 531 g/mol. The Kier molecular flexibility index (Phi) is 9.79. The van der Waals surface area contributed by atoms with Gasteiger partial charge in [-0.3, -0.25) is 13.9 Å². The molecule has 202 valence electrons. The summed E-state index contributed by atoms with van der Waals surface area (Å²) >= 11 is 0. The topological polar surface area (TPSA) is 105 Å². The molecule has 0 heterocycles. The highest BCUT2D eigenvalue weighted by Gasteiger charge is 2.32. The molecule has 2 aromatic rings. The first-order valence-electron chi connectivity index (χ1n) is 12.5. The van der Waals surface area contributed by atoms with Crippen LogP contribution in [0, 0.1) is 0 Å². The van der Waals surface area contributed by atoms with E-state index >= 15 is 0 Å². The lowest BCUT2D eigenvalue weighted by atomic mass is 10.1. The van der Waals surface area contributed by atoms with Crippen molar-refractivity contribution in [3.63, 3.8) is 0 Å². The standard InChI is InChI=1S/C27H37N3O6S/c1-20(27(32)28-22-12-8-9-13-22)29(17-16-21-10-6-5-7-11-21)26(31)19-30(37(4,33)34)24-15-14-23(35-2)18-25(24)36-3/h5-7,10-11,14-15,18,20,22H,8-9,12-13,16-17,19H2,1-4H3,(H,28,32). The van der Waals surface area contributed by atoms with Gasteiger partial charge in [0.25, 0.3) is 0 Å². The van der Waals surface area contributed by atoms with Crippen molar-refractivity contribution in [2.45, 2.75) is 51.1 Å². The molecule has 1 N–H and O–H groups in total. The van der Waals surface area contributed by atoms with Crippen molar-refractivity contribution < 1.29 is 27.5 Å². The van der Waals surface area contributed by atoms with E-state index in [4.69, 9.17) is 9.47 Å². The largest absolute Gasteiger partial charge is 0.497 e. The Morgan fingerprint density at radius 1 is 1.05 bits per heavy atom. The van der Waals surface area contributed by atoms with Gasteiger partial charge in [0.1, 0.15) is 24.1 Å². The van der Waals surface area contributed by atoms with Crippen molar-refractivity contribution in [2.75, 3.05) is 37.9 Å². The number of nitrogens with zero attached hydrogens (tertiary/aromatic N) is 2. The number of nitrogens with one attached hydrogen (secondary N) is 1. The third-order valence-corrected chi connectivity index (χ3v) is 7.81. The highest BCUT2D eigenvalue weighted by molar-refractivity contribution is 7.92. The van der Waals surface area contributed by atoms with Gasteiger partial charge in [0, 0.05) is 18.7 Å². The van der Waals surface area contributed by atoms with Crippen LogP contribution in [0.3, 0.4) is 0 Å². The summed E-state index contributed by atoms with van der Waals surface area (Å²) in [6.07, 6.45) is 5.56. The molecule has 9 nitrogen and oxygen atoms in total. The maximum atomic E-state index is 13.7. The van der Waals surface area contributed by atoms with E-state index in [1.807, 2.05) is 30.3 Å². The van der Waals surface area contributed by atoms with Gasteiger partial charge in [0.15, 0.2) is 0 Å². The number of rotatable bonds is 12. The summed E-state index contributed by atoms with van der Waals surface area (Å²) in [5.74, 6) is 0.0250. The van der Waals surface area contributed by atoms with Gasteiger partial charge < -0.3 is 19.7 Å². The molecule has 37 heavy (non-hydrogen) atoms. The number of methoxy groups -OCH3 is 2. The van der Waals surface area contributed by atoms with Crippen molar-refractivity contribution in [2.24, 2.45) is 0 Å². The SMILES string of the molecule is COc1ccc(N(CC(=O)N(CCc2ccccc2)C(C)C(=O)NC2CCCC2)S(C)(=O)=O)c(OC)c1.